The molecule has 2 heterocycles. The molecule has 4 rings (SSSR count). The van der Waals surface area contributed by atoms with Gasteiger partial charge in [0.25, 0.3) is 0 Å². The number of hydrogen-bond acceptors (Lipinski definition) is 5. The average molecular weight is 449 g/mol. The Balaban J connectivity index is 1.34. The Labute approximate surface area is 195 Å². The highest BCUT2D eigenvalue weighted by Crippen LogP contribution is 2.25. The number of carbonyl (C=O) groups is 1. The van der Waals surface area contributed by atoms with E-state index in [1.54, 1.807) is 11.3 Å². The predicted octanol–water partition coefficient (Wildman–Crippen LogP) is 4.15. The maximum atomic E-state index is 12.8. The highest BCUT2D eigenvalue weighted by Gasteiger charge is 2.16. The van der Waals surface area contributed by atoms with Crippen molar-refractivity contribution in [1.29, 1.82) is 0 Å². The third kappa shape index (κ3) is 6.03. The number of hydrogen-bond donors (Lipinski definition) is 0. The van der Waals surface area contributed by atoms with Gasteiger partial charge in [-0.1, -0.05) is 54.6 Å². The Bertz CT molecular complexity index is 994. The van der Waals surface area contributed by atoms with Crippen LogP contribution in [0.25, 0.3) is 10.6 Å². The first-order valence-electron chi connectivity index (χ1n) is 11.4. The van der Waals surface area contributed by atoms with Gasteiger partial charge in [0.2, 0.25) is 5.91 Å². The first-order valence-corrected chi connectivity index (χ1v) is 12.2. The Hall–Kier alpha value is -2.54. The zero-order valence-corrected chi connectivity index (χ0v) is 19.9. The molecule has 0 unspecified atom stereocenters. The smallest absolute Gasteiger partial charge is 0.228 e. The van der Waals surface area contributed by atoms with E-state index in [4.69, 9.17) is 4.98 Å². The van der Waals surface area contributed by atoms with E-state index in [1.165, 1.54) is 5.56 Å². The minimum absolute atomic E-state index is 0.121. The molecule has 1 aromatic heterocycles. The third-order valence-corrected chi connectivity index (χ3v) is 6.98. The Morgan fingerprint density at radius 2 is 1.72 bits per heavy atom. The van der Waals surface area contributed by atoms with Crippen LogP contribution in [0.2, 0.25) is 0 Å². The summed E-state index contributed by atoms with van der Waals surface area (Å²) in [6.45, 7) is 8.89. The minimum atomic E-state index is 0.121. The monoisotopic (exact) mass is 448 g/mol. The first-order chi connectivity index (χ1) is 15.6. The Morgan fingerprint density at radius 1 is 1.00 bits per heavy atom. The fraction of sp³-hybridized carbons (Fsp3) is 0.385. The summed E-state index contributed by atoms with van der Waals surface area (Å²) in [6.07, 6.45) is 0.346. The van der Waals surface area contributed by atoms with E-state index in [2.05, 4.69) is 53.2 Å². The third-order valence-electron chi connectivity index (χ3n) is 6.04. The van der Waals surface area contributed by atoms with Crippen molar-refractivity contribution in [1.82, 2.24) is 19.7 Å². The van der Waals surface area contributed by atoms with E-state index in [9.17, 15) is 4.79 Å². The molecule has 0 bridgehead atoms. The van der Waals surface area contributed by atoms with Gasteiger partial charge in [0.1, 0.15) is 5.01 Å². The molecule has 1 amide bonds. The van der Waals surface area contributed by atoms with Crippen LogP contribution in [0.3, 0.4) is 0 Å². The van der Waals surface area contributed by atoms with Gasteiger partial charge >= 0.3 is 0 Å². The van der Waals surface area contributed by atoms with Gasteiger partial charge in [-0.25, -0.2) is 4.98 Å². The molecular weight excluding hydrogens is 416 g/mol. The molecular formula is C26H32N4OS. The van der Waals surface area contributed by atoms with E-state index in [-0.39, 0.29) is 5.91 Å². The topological polar surface area (TPSA) is 39.7 Å². The van der Waals surface area contributed by atoms with Crippen LogP contribution >= 0.6 is 11.3 Å². The van der Waals surface area contributed by atoms with E-state index in [1.807, 2.05) is 35.4 Å². The first kappa shape index (κ1) is 22.6. The van der Waals surface area contributed by atoms with Gasteiger partial charge in [0, 0.05) is 56.8 Å². The molecule has 1 aliphatic rings. The molecule has 3 aromatic rings. The van der Waals surface area contributed by atoms with Crippen molar-refractivity contribution in [2.45, 2.75) is 26.4 Å². The number of benzene rings is 2. The molecule has 5 nitrogen and oxygen atoms in total. The number of rotatable bonds is 8. The molecule has 0 spiro atoms. The van der Waals surface area contributed by atoms with Crippen molar-refractivity contribution >= 4 is 17.2 Å². The van der Waals surface area contributed by atoms with Gasteiger partial charge in [0.05, 0.1) is 12.1 Å². The molecule has 0 aliphatic carbocycles. The van der Waals surface area contributed by atoms with Gasteiger partial charge in [-0.15, -0.1) is 11.3 Å². The van der Waals surface area contributed by atoms with Gasteiger partial charge < -0.3 is 9.80 Å². The predicted molar refractivity (Wildman–Crippen MR) is 132 cm³/mol. The zero-order chi connectivity index (χ0) is 22.3. The maximum absolute atomic E-state index is 12.8. The normalized spacial score (nSPS) is 15.1. The second-order valence-electron chi connectivity index (χ2n) is 8.49. The summed E-state index contributed by atoms with van der Waals surface area (Å²) >= 11 is 1.61. The summed E-state index contributed by atoms with van der Waals surface area (Å²) in [5.74, 6) is 0.121. The van der Waals surface area contributed by atoms with Crippen molar-refractivity contribution in [3.05, 3.63) is 76.8 Å². The van der Waals surface area contributed by atoms with Crippen LogP contribution in [-0.4, -0.2) is 65.4 Å². The molecule has 1 fully saturated rings. The molecule has 1 saturated heterocycles. The second-order valence-corrected chi connectivity index (χ2v) is 9.35. The van der Waals surface area contributed by atoms with Crippen LogP contribution in [0.5, 0.6) is 0 Å². The molecule has 168 valence electrons. The lowest BCUT2D eigenvalue weighted by atomic mass is 10.1. The van der Waals surface area contributed by atoms with E-state index in [0.29, 0.717) is 19.5 Å². The summed E-state index contributed by atoms with van der Waals surface area (Å²) in [6, 6.07) is 18.9. The minimum Gasteiger partial charge on any atom is -0.338 e. The molecule has 0 saturated carbocycles. The van der Waals surface area contributed by atoms with Crippen molar-refractivity contribution in [3.8, 4) is 10.6 Å². The SMILES string of the molecule is CCN(Cc1ccccc1)C(=O)Cc1csc(-c2ccc(CN3CCN(C)CC3)cc2)n1. The summed E-state index contributed by atoms with van der Waals surface area (Å²) < 4.78 is 0. The number of carbonyl (C=O) groups excluding carboxylic acids is 1. The lowest BCUT2D eigenvalue weighted by Crippen LogP contribution is -2.43. The zero-order valence-electron chi connectivity index (χ0n) is 19.0. The van der Waals surface area contributed by atoms with Crippen molar-refractivity contribution in [2.24, 2.45) is 0 Å². The molecule has 1 aliphatic heterocycles. The highest BCUT2D eigenvalue weighted by molar-refractivity contribution is 7.13. The molecule has 32 heavy (non-hydrogen) atoms. The van der Waals surface area contributed by atoms with E-state index >= 15 is 0 Å². The summed E-state index contributed by atoms with van der Waals surface area (Å²) in [7, 11) is 2.19. The van der Waals surface area contributed by atoms with Gasteiger partial charge in [-0.05, 0) is 25.1 Å². The quantitative estimate of drug-likeness (QED) is 0.519. The average Bonchev–Trinajstić information content (AvgIpc) is 3.28. The number of nitrogens with zero attached hydrogens (tertiary/aromatic N) is 4. The number of amides is 1. The summed E-state index contributed by atoms with van der Waals surface area (Å²) in [5, 5.41) is 2.99. The van der Waals surface area contributed by atoms with Crippen molar-refractivity contribution in [3.63, 3.8) is 0 Å². The largest absolute Gasteiger partial charge is 0.338 e. The number of likely N-dealkylation sites (N-methyl/N-ethyl adjacent to an activating group) is 2. The van der Waals surface area contributed by atoms with Gasteiger partial charge in [-0.3, -0.25) is 9.69 Å². The maximum Gasteiger partial charge on any atom is 0.228 e. The van der Waals surface area contributed by atoms with Crippen LogP contribution in [-0.2, 0) is 24.3 Å². The molecule has 0 atom stereocenters. The summed E-state index contributed by atoms with van der Waals surface area (Å²) in [5.41, 5.74) is 4.46. The molecule has 0 radical (unpaired) electrons. The number of aromatic nitrogens is 1. The molecule has 2 aromatic carbocycles. The standard InChI is InChI=1S/C26H32N4OS/c1-3-30(19-21-7-5-4-6-8-21)25(31)17-24-20-32-26(27-24)23-11-9-22(10-12-23)18-29-15-13-28(2)14-16-29/h4-12,20H,3,13-19H2,1-2H3. The van der Waals surface area contributed by atoms with Crippen LogP contribution in [0.4, 0.5) is 0 Å². The van der Waals surface area contributed by atoms with Crippen molar-refractivity contribution < 1.29 is 4.79 Å². The Morgan fingerprint density at radius 3 is 2.41 bits per heavy atom. The highest BCUT2D eigenvalue weighted by atomic mass is 32.1. The van der Waals surface area contributed by atoms with E-state index in [0.717, 1.165) is 54.6 Å². The van der Waals surface area contributed by atoms with Crippen LogP contribution in [0.15, 0.2) is 60.0 Å². The van der Waals surface area contributed by atoms with Crippen LogP contribution in [0, 0.1) is 0 Å². The van der Waals surface area contributed by atoms with Gasteiger partial charge in [-0.2, -0.15) is 0 Å². The number of thiazole rings is 1. The fourth-order valence-corrected chi connectivity index (χ4v) is 4.81. The van der Waals surface area contributed by atoms with Crippen LogP contribution < -0.4 is 0 Å². The molecule has 6 heteroatoms. The molecule has 0 N–H and O–H groups in total. The fourth-order valence-electron chi connectivity index (χ4n) is 3.98. The Kier molecular flexibility index (Phi) is 7.68. The lowest BCUT2D eigenvalue weighted by molar-refractivity contribution is -0.130. The van der Waals surface area contributed by atoms with Crippen molar-refractivity contribution in [2.75, 3.05) is 39.8 Å². The van der Waals surface area contributed by atoms with E-state index < -0.39 is 0 Å². The lowest BCUT2D eigenvalue weighted by Gasteiger charge is -2.32. The van der Waals surface area contributed by atoms with Crippen LogP contribution in [0.1, 0.15) is 23.7 Å². The number of piperazine rings is 1. The second kappa shape index (κ2) is 10.9. The van der Waals surface area contributed by atoms with Gasteiger partial charge in [0.15, 0.2) is 0 Å². The summed E-state index contributed by atoms with van der Waals surface area (Å²) in [4.78, 5) is 24.4.